The van der Waals surface area contributed by atoms with Gasteiger partial charge in [-0.15, -0.1) is 0 Å². The van der Waals surface area contributed by atoms with Crippen molar-refractivity contribution in [3.05, 3.63) is 0 Å². The van der Waals surface area contributed by atoms with Gasteiger partial charge >= 0.3 is 0 Å². The van der Waals surface area contributed by atoms with E-state index in [0.717, 1.165) is 142 Å². The molecule has 13 saturated carbocycles. The van der Waals surface area contributed by atoms with E-state index in [2.05, 4.69) is 0 Å². The SMILES string of the molecule is C1CCC2C(C1)CCCC2C1CC(C2CCCC3CCCCC32)CC(C2C3CCCCC3C(C3CC(C4CCCC5CCCCC54)CC(C4CCCC5CCCCC54)C3)C3CCCCC32)C1. The minimum Gasteiger partial charge on any atom is -0.0530 e. The Labute approximate surface area is 409 Å². The second-order valence-corrected chi connectivity index (χ2v) is 29.6. The molecule has 20 unspecified atom stereocenters. The highest BCUT2D eigenvalue weighted by molar-refractivity contribution is 5.08. The van der Waals surface area contributed by atoms with Crippen LogP contribution in [0.5, 0.6) is 0 Å². The van der Waals surface area contributed by atoms with E-state index in [1.54, 1.807) is 270 Å². The van der Waals surface area contributed by atoms with Gasteiger partial charge in [-0.2, -0.15) is 0 Å². The zero-order chi connectivity index (χ0) is 43.6. The third-order valence-electron chi connectivity index (χ3n) is 27.4. The van der Waals surface area contributed by atoms with Crippen LogP contribution in [0.2, 0.25) is 0 Å². The lowest BCUT2D eigenvalue weighted by molar-refractivity contribution is -0.135. The minimum absolute atomic E-state index is 1.10. The first-order valence-corrected chi connectivity index (χ1v) is 32.7. The monoisotopic (exact) mass is 901 g/mol. The molecule has 66 heavy (non-hydrogen) atoms. The third kappa shape index (κ3) is 8.79. The van der Waals surface area contributed by atoms with Gasteiger partial charge in [0.1, 0.15) is 0 Å². The molecule has 13 rings (SSSR count). The van der Waals surface area contributed by atoms with Crippen molar-refractivity contribution in [2.45, 2.75) is 270 Å². The first-order valence-electron chi connectivity index (χ1n) is 32.7. The van der Waals surface area contributed by atoms with Crippen LogP contribution < -0.4 is 0 Å². The molecule has 0 bridgehead atoms. The average Bonchev–Trinajstić information content (AvgIpc) is 3.39. The zero-order valence-corrected chi connectivity index (χ0v) is 43.6. The molecule has 372 valence electrons. The van der Waals surface area contributed by atoms with Crippen LogP contribution in [0.3, 0.4) is 0 Å². The average molecular weight is 902 g/mol. The van der Waals surface area contributed by atoms with Gasteiger partial charge in [-0.25, -0.2) is 0 Å². The molecule has 20 atom stereocenters. The molecule has 13 fully saturated rings. The largest absolute Gasteiger partial charge is 0.0530 e. The topological polar surface area (TPSA) is 0 Å². The molecule has 0 aromatic rings. The fourth-order valence-corrected chi connectivity index (χ4v) is 25.6. The number of rotatable bonds is 6. The molecule has 0 heteroatoms. The summed E-state index contributed by atoms with van der Waals surface area (Å²) in [6, 6.07) is 0. The Morgan fingerprint density at radius 1 is 0.121 bits per heavy atom. The molecule has 0 radical (unpaired) electrons. The summed E-state index contributed by atoms with van der Waals surface area (Å²) in [7, 11) is 0. The molecule has 0 saturated heterocycles. The minimum atomic E-state index is 1.10. The van der Waals surface area contributed by atoms with E-state index >= 15 is 0 Å². The molecule has 0 spiro atoms. The molecule has 0 amide bonds. The van der Waals surface area contributed by atoms with Crippen molar-refractivity contribution >= 4 is 0 Å². The van der Waals surface area contributed by atoms with Gasteiger partial charge in [-0.1, -0.05) is 154 Å². The molecule has 0 aromatic heterocycles. The Bertz CT molecular complexity index is 1330. The van der Waals surface area contributed by atoms with Crippen molar-refractivity contribution in [1.29, 1.82) is 0 Å². The van der Waals surface area contributed by atoms with E-state index in [0.29, 0.717) is 0 Å². The summed E-state index contributed by atoms with van der Waals surface area (Å²) in [5.74, 6) is 26.7. The van der Waals surface area contributed by atoms with Gasteiger partial charge in [-0.3, -0.25) is 0 Å². The van der Waals surface area contributed by atoms with Crippen molar-refractivity contribution in [3.8, 4) is 0 Å². The summed E-state index contributed by atoms with van der Waals surface area (Å²) in [4.78, 5) is 0. The molecule has 0 N–H and O–H groups in total. The Morgan fingerprint density at radius 2 is 0.288 bits per heavy atom. The van der Waals surface area contributed by atoms with E-state index in [-0.39, 0.29) is 0 Å². The van der Waals surface area contributed by atoms with Gasteiger partial charge in [0, 0.05) is 0 Å². The fraction of sp³-hybridized carbons (Fsp3) is 1.00. The van der Waals surface area contributed by atoms with Crippen LogP contribution in [0.1, 0.15) is 270 Å². The molecular weight excluding hydrogens is 793 g/mol. The highest BCUT2D eigenvalue weighted by atomic mass is 14.6. The number of fused-ring (bicyclic) bond motifs is 6. The van der Waals surface area contributed by atoms with E-state index < -0.39 is 0 Å². The van der Waals surface area contributed by atoms with Crippen LogP contribution >= 0.6 is 0 Å². The Morgan fingerprint density at radius 3 is 0.545 bits per heavy atom. The van der Waals surface area contributed by atoms with Crippen molar-refractivity contribution in [3.63, 3.8) is 0 Å². The predicted octanol–water partition coefficient (Wildman–Crippen LogP) is 19.3. The molecule has 0 nitrogen and oxygen atoms in total. The van der Waals surface area contributed by atoms with Crippen LogP contribution in [-0.4, -0.2) is 0 Å². The first kappa shape index (κ1) is 45.8. The first-order chi connectivity index (χ1) is 32.7. The summed E-state index contributed by atoms with van der Waals surface area (Å²) in [6.45, 7) is 0. The molecular formula is C66H108. The standard InChI is InChI=1S/C66H108/c1-5-25-53-43(17-1)21-13-33-57(53)47-37-48(58-34-14-22-44-18-2-6-26-54(44)58)40-51(39-47)65-61-29-9-11-31-63(61)66(64-32-12-10-30-62(64)65)52-41-49(59-35-15-23-45-19-3-7-27-55(45)59)38-50(42-52)60-36-16-24-46-20-4-8-28-56(46)60/h43-66H,1-42H2. The van der Waals surface area contributed by atoms with Gasteiger partial charge in [0.15, 0.2) is 0 Å². The predicted molar refractivity (Wildman–Crippen MR) is 278 cm³/mol. The van der Waals surface area contributed by atoms with E-state index in [1.807, 2.05) is 0 Å². The number of hydrogen-bond donors (Lipinski definition) is 0. The van der Waals surface area contributed by atoms with Gasteiger partial charge in [-0.05, 0) is 258 Å². The molecule has 0 aromatic carbocycles. The van der Waals surface area contributed by atoms with E-state index in [9.17, 15) is 0 Å². The van der Waals surface area contributed by atoms with Crippen LogP contribution in [-0.2, 0) is 0 Å². The second-order valence-electron chi connectivity index (χ2n) is 29.6. The lowest BCUT2D eigenvalue weighted by Crippen LogP contribution is -2.55. The Hall–Kier alpha value is 0. The van der Waals surface area contributed by atoms with E-state index in [1.165, 1.54) is 0 Å². The maximum atomic E-state index is 1.72. The maximum absolute atomic E-state index is 1.72. The van der Waals surface area contributed by atoms with Gasteiger partial charge in [0.05, 0.1) is 0 Å². The Balaban J connectivity index is 0.833. The fourth-order valence-electron chi connectivity index (χ4n) is 25.6. The van der Waals surface area contributed by atoms with Gasteiger partial charge in [0.2, 0.25) is 0 Å². The summed E-state index contributed by atoms with van der Waals surface area (Å²) in [5, 5.41) is 0. The highest BCUT2D eigenvalue weighted by Crippen LogP contribution is 2.67. The van der Waals surface area contributed by atoms with Crippen LogP contribution in [0, 0.1) is 142 Å². The van der Waals surface area contributed by atoms with Crippen LogP contribution in [0.15, 0.2) is 0 Å². The number of hydrogen-bond acceptors (Lipinski definition) is 0. The van der Waals surface area contributed by atoms with Crippen molar-refractivity contribution in [2.24, 2.45) is 142 Å². The van der Waals surface area contributed by atoms with Gasteiger partial charge in [0.25, 0.3) is 0 Å². The molecule has 0 heterocycles. The lowest BCUT2D eigenvalue weighted by Gasteiger charge is -2.62. The van der Waals surface area contributed by atoms with Crippen molar-refractivity contribution < 1.29 is 0 Å². The molecule has 0 aliphatic heterocycles. The molecule has 13 aliphatic carbocycles. The lowest BCUT2D eigenvalue weighted by atomic mass is 9.43. The van der Waals surface area contributed by atoms with Crippen molar-refractivity contribution in [2.75, 3.05) is 0 Å². The summed E-state index contributed by atoms with van der Waals surface area (Å²) >= 11 is 0. The van der Waals surface area contributed by atoms with E-state index in [4.69, 9.17) is 0 Å². The normalized spacial score (nSPS) is 54.5. The van der Waals surface area contributed by atoms with Crippen LogP contribution in [0.25, 0.3) is 0 Å². The second kappa shape index (κ2) is 20.5. The van der Waals surface area contributed by atoms with Gasteiger partial charge < -0.3 is 0 Å². The summed E-state index contributed by atoms with van der Waals surface area (Å²) < 4.78 is 0. The summed E-state index contributed by atoms with van der Waals surface area (Å²) in [6.07, 6.45) is 68.3. The highest BCUT2D eigenvalue weighted by Gasteiger charge is 2.59. The summed E-state index contributed by atoms with van der Waals surface area (Å²) in [5.41, 5.74) is 0. The quantitative estimate of drug-likeness (QED) is 0.249. The van der Waals surface area contributed by atoms with Crippen molar-refractivity contribution in [1.82, 2.24) is 0 Å². The maximum Gasteiger partial charge on any atom is -0.0323 e. The third-order valence-corrected chi connectivity index (χ3v) is 27.4. The Kier molecular flexibility index (Phi) is 14.2. The van der Waals surface area contributed by atoms with Crippen LogP contribution in [0.4, 0.5) is 0 Å². The molecule has 13 aliphatic rings. The smallest absolute Gasteiger partial charge is 0.0323 e. The zero-order valence-electron chi connectivity index (χ0n) is 43.6.